The molecule has 1 rings (SSSR count). The lowest BCUT2D eigenvalue weighted by atomic mass is 10.2. The van der Waals surface area contributed by atoms with E-state index in [1.807, 2.05) is 31.2 Å². The lowest BCUT2D eigenvalue weighted by Crippen LogP contribution is -1.68. The van der Waals surface area contributed by atoms with Crippen molar-refractivity contribution >= 4 is 11.7 Å². The van der Waals surface area contributed by atoms with Crippen molar-refractivity contribution in [3.63, 3.8) is 0 Å². The van der Waals surface area contributed by atoms with Gasteiger partial charge < -0.3 is 0 Å². The van der Waals surface area contributed by atoms with Gasteiger partial charge in [-0.25, -0.2) is 4.99 Å². The average molecular weight is 146 g/mol. The molecule has 1 aromatic rings. The zero-order valence-electron chi connectivity index (χ0n) is 6.70. The minimum absolute atomic E-state index is 0.899. The van der Waals surface area contributed by atoms with Crippen molar-refractivity contribution in [3.05, 3.63) is 29.8 Å². The second-order valence-electron chi connectivity index (χ2n) is 2.27. The Kier molecular flexibility index (Phi) is 2.59. The number of benzene rings is 1. The van der Waals surface area contributed by atoms with Gasteiger partial charge in [-0.15, -0.1) is 0 Å². The van der Waals surface area contributed by atoms with E-state index in [9.17, 15) is 0 Å². The molecule has 2 nitrogen and oxygen atoms in total. The molecule has 0 spiro atoms. The third kappa shape index (κ3) is 2.36. The molecule has 0 saturated heterocycles. The first kappa shape index (κ1) is 7.70. The standard InChI is InChI=1S/C9H10N2/c1-8-4-3-5-9(6-8)11-7-10-2/h3-6H,1-2H3. The summed E-state index contributed by atoms with van der Waals surface area (Å²) in [4.78, 5) is 7.61. The Hall–Kier alpha value is -1.40. The number of aliphatic imine (C=N–C) groups is 2. The molecular formula is C9H10N2. The molecule has 2 heteroatoms. The summed E-state index contributed by atoms with van der Waals surface area (Å²) in [5.41, 5.74) is 2.10. The number of hydrogen-bond donors (Lipinski definition) is 0. The summed E-state index contributed by atoms with van der Waals surface area (Å²) in [6.45, 7) is 2.03. The molecular weight excluding hydrogens is 136 g/mol. The maximum absolute atomic E-state index is 3.97. The maximum atomic E-state index is 3.97. The van der Waals surface area contributed by atoms with Gasteiger partial charge >= 0.3 is 0 Å². The zero-order valence-corrected chi connectivity index (χ0v) is 6.70. The fourth-order valence-electron chi connectivity index (χ4n) is 0.805. The summed E-state index contributed by atoms with van der Waals surface area (Å²) in [6, 6.07) is 10.4. The van der Waals surface area contributed by atoms with Crippen LogP contribution < -0.4 is 0 Å². The molecule has 56 valence electrons. The first-order chi connectivity index (χ1) is 5.33. The third-order valence-corrected chi connectivity index (χ3v) is 1.28. The Morgan fingerprint density at radius 2 is 2.18 bits per heavy atom. The van der Waals surface area contributed by atoms with E-state index in [-0.39, 0.29) is 0 Å². The van der Waals surface area contributed by atoms with Gasteiger partial charge in [-0.05, 0) is 24.6 Å². The second kappa shape index (κ2) is 3.69. The van der Waals surface area contributed by atoms with Crippen LogP contribution in [-0.2, 0) is 0 Å². The van der Waals surface area contributed by atoms with E-state index in [4.69, 9.17) is 0 Å². The molecule has 11 heavy (non-hydrogen) atoms. The van der Waals surface area contributed by atoms with Gasteiger partial charge in [-0.3, -0.25) is 0 Å². The maximum Gasteiger partial charge on any atom is 0.0946 e. The molecule has 0 aromatic heterocycles. The van der Waals surface area contributed by atoms with Crippen LogP contribution in [0.3, 0.4) is 0 Å². The normalized spacial score (nSPS) is 8.55. The highest BCUT2D eigenvalue weighted by Gasteiger charge is 1.85. The average Bonchev–Trinajstić information content (AvgIpc) is 2.01. The molecule has 0 unspecified atom stereocenters. The molecule has 0 aliphatic heterocycles. The predicted molar refractivity (Wildman–Crippen MR) is 46.6 cm³/mol. The van der Waals surface area contributed by atoms with Crippen LogP contribution in [0.25, 0.3) is 0 Å². The van der Waals surface area contributed by atoms with Crippen molar-refractivity contribution in [1.29, 1.82) is 0 Å². The van der Waals surface area contributed by atoms with Crippen molar-refractivity contribution < 1.29 is 0 Å². The first-order valence-corrected chi connectivity index (χ1v) is 3.44. The number of rotatable bonds is 1. The largest absolute Gasteiger partial charge is 0.229 e. The van der Waals surface area contributed by atoms with Crippen molar-refractivity contribution in [2.24, 2.45) is 9.98 Å². The molecule has 0 aliphatic rings. The van der Waals surface area contributed by atoms with Gasteiger partial charge in [0, 0.05) is 7.05 Å². The van der Waals surface area contributed by atoms with Gasteiger partial charge in [0.15, 0.2) is 0 Å². The second-order valence-corrected chi connectivity index (χ2v) is 2.27. The Bertz CT molecular complexity index is 296. The van der Waals surface area contributed by atoms with Crippen molar-refractivity contribution in [1.82, 2.24) is 0 Å². The summed E-state index contributed by atoms with van der Waals surface area (Å²) >= 11 is 0. The van der Waals surface area contributed by atoms with Gasteiger partial charge in [0.2, 0.25) is 0 Å². The Balaban J connectivity index is 2.97. The number of aryl methyl sites for hydroxylation is 1. The van der Waals surface area contributed by atoms with Crippen LogP contribution in [0.2, 0.25) is 0 Å². The molecule has 0 saturated carbocycles. The van der Waals surface area contributed by atoms with Crippen LogP contribution in [0.1, 0.15) is 5.56 Å². The van der Waals surface area contributed by atoms with Gasteiger partial charge in [0.05, 0.1) is 11.7 Å². The number of nitrogens with zero attached hydrogens (tertiary/aromatic N) is 2. The molecule has 0 fully saturated rings. The minimum atomic E-state index is 0.899. The Labute approximate surface area is 66.3 Å². The summed E-state index contributed by atoms with van der Waals surface area (Å²) < 4.78 is 0. The highest BCUT2D eigenvalue weighted by molar-refractivity contribution is 5.52. The summed E-state index contributed by atoms with van der Waals surface area (Å²) in [7, 11) is 1.65. The topological polar surface area (TPSA) is 24.7 Å². The first-order valence-electron chi connectivity index (χ1n) is 3.44. The van der Waals surface area contributed by atoms with Gasteiger partial charge in [0.25, 0.3) is 0 Å². The third-order valence-electron chi connectivity index (χ3n) is 1.28. The molecule has 1 aromatic carbocycles. The van der Waals surface area contributed by atoms with Gasteiger partial charge in [-0.1, -0.05) is 12.1 Å². The highest BCUT2D eigenvalue weighted by Crippen LogP contribution is 2.11. The van der Waals surface area contributed by atoms with Crippen molar-refractivity contribution in [2.45, 2.75) is 6.92 Å². The fourth-order valence-corrected chi connectivity index (χ4v) is 0.805. The van der Waals surface area contributed by atoms with E-state index in [1.54, 1.807) is 7.05 Å². The van der Waals surface area contributed by atoms with Crippen molar-refractivity contribution in [3.8, 4) is 0 Å². The van der Waals surface area contributed by atoms with Crippen molar-refractivity contribution in [2.75, 3.05) is 7.05 Å². The van der Waals surface area contributed by atoms with Gasteiger partial charge in [-0.2, -0.15) is 4.99 Å². The number of hydrogen-bond acceptors (Lipinski definition) is 2. The van der Waals surface area contributed by atoms with E-state index < -0.39 is 0 Å². The van der Waals surface area contributed by atoms with E-state index in [0.717, 1.165) is 5.69 Å². The molecule has 0 atom stereocenters. The van der Waals surface area contributed by atoms with Crippen LogP contribution in [0.4, 0.5) is 5.69 Å². The van der Waals surface area contributed by atoms with Crippen LogP contribution in [0.5, 0.6) is 0 Å². The van der Waals surface area contributed by atoms with Crippen LogP contribution in [0, 0.1) is 6.92 Å². The fraction of sp³-hybridized carbons (Fsp3) is 0.222. The van der Waals surface area contributed by atoms with Crippen LogP contribution in [0.15, 0.2) is 34.3 Å². The summed E-state index contributed by atoms with van der Waals surface area (Å²) in [5, 5.41) is 0. The lowest BCUT2D eigenvalue weighted by molar-refractivity contribution is 1.41. The lowest BCUT2D eigenvalue weighted by Gasteiger charge is -1.91. The van der Waals surface area contributed by atoms with Gasteiger partial charge in [0.1, 0.15) is 0 Å². The predicted octanol–water partition coefficient (Wildman–Crippen LogP) is 2.43. The van der Waals surface area contributed by atoms with E-state index in [2.05, 4.69) is 16.0 Å². The van der Waals surface area contributed by atoms with E-state index >= 15 is 0 Å². The van der Waals surface area contributed by atoms with Crippen LogP contribution >= 0.6 is 0 Å². The molecule has 0 heterocycles. The smallest absolute Gasteiger partial charge is 0.0946 e. The minimum Gasteiger partial charge on any atom is -0.229 e. The molecule has 0 N–H and O–H groups in total. The molecule has 0 radical (unpaired) electrons. The molecule has 0 amide bonds. The zero-order chi connectivity index (χ0) is 8.10. The van der Waals surface area contributed by atoms with E-state index in [0.29, 0.717) is 0 Å². The van der Waals surface area contributed by atoms with Crippen LogP contribution in [-0.4, -0.2) is 13.1 Å². The highest BCUT2D eigenvalue weighted by atomic mass is 14.8. The SMILES string of the molecule is CN=C=Nc1cccc(C)c1. The quantitative estimate of drug-likeness (QED) is 0.543. The summed E-state index contributed by atoms with van der Waals surface area (Å²) in [6.07, 6.45) is 0. The van der Waals surface area contributed by atoms with E-state index in [1.165, 1.54) is 5.56 Å². The molecule has 0 aliphatic carbocycles. The Morgan fingerprint density at radius 1 is 1.36 bits per heavy atom. The Morgan fingerprint density at radius 3 is 2.82 bits per heavy atom. The molecule has 0 bridgehead atoms. The summed E-state index contributed by atoms with van der Waals surface area (Å²) in [5.74, 6) is 0. The monoisotopic (exact) mass is 146 g/mol.